The monoisotopic (exact) mass is 465 g/mol. The molecule has 4 aromatic rings. The van der Waals surface area contributed by atoms with Crippen LogP contribution in [0.3, 0.4) is 0 Å². The van der Waals surface area contributed by atoms with Gasteiger partial charge < -0.3 is 9.73 Å². The second-order valence-corrected chi connectivity index (χ2v) is 7.70. The lowest BCUT2D eigenvalue weighted by molar-refractivity contribution is -0.384. The van der Waals surface area contributed by atoms with Crippen molar-refractivity contribution >= 4 is 44.3 Å². The zero-order chi connectivity index (χ0) is 21.4. The van der Waals surface area contributed by atoms with Gasteiger partial charge in [-0.25, -0.2) is 4.98 Å². The Morgan fingerprint density at radius 3 is 2.70 bits per heavy atom. The first kappa shape index (κ1) is 19.8. The molecule has 1 N–H and O–H groups in total. The van der Waals surface area contributed by atoms with Gasteiger partial charge in [0.15, 0.2) is 5.58 Å². The first-order chi connectivity index (χ1) is 14.3. The summed E-state index contributed by atoms with van der Waals surface area (Å²) < 4.78 is 6.36. The highest BCUT2D eigenvalue weighted by Gasteiger charge is 2.18. The van der Waals surface area contributed by atoms with Crippen LogP contribution in [0.5, 0.6) is 0 Å². The van der Waals surface area contributed by atoms with Gasteiger partial charge in [0.25, 0.3) is 11.6 Å². The van der Waals surface area contributed by atoms with E-state index in [1.807, 2.05) is 38.1 Å². The van der Waals surface area contributed by atoms with Crippen LogP contribution >= 0.6 is 15.9 Å². The normalized spacial score (nSPS) is 10.9. The third-order valence-corrected chi connectivity index (χ3v) is 5.45. The molecule has 4 rings (SSSR count). The molecule has 1 aromatic heterocycles. The first-order valence-electron chi connectivity index (χ1n) is 9.06. The standard InChI is InChI=1S/C22H16BrN3O4/c1-12-6-9-20-19(10-12)25-22(30-20)15-4-3-5-18(13(15)2)24-21(27)16-11-14(26(28)29)7-8-17(16)23/h3-11H,1-2H3,(H,24,27). The van der Waals surface area contributed by atoms with Crippen LogP contribution in [0.15, 0.2) is 63.5 Å². The maximum Gasteiger partial charge on any atom is 0.270 e. The third kappa shape index (κ3) is 3.69. The van der Waals surface area contributed by atoms with Crippen LogP contribution in [0.25, 0.3) is 22.6 Å². The van der Waals surface area contributed by atoms with Crippen LogP contribution in [-0.4, -0.2) is 15.8 Å². The number of hydrogen-bond donors (Lipinski definition) is 1. The van der Waals surface area contributed by atoms with E-state index in [9.17, 15) is 14.9 Å². The van der Waals surface area contributed by atoms with E-state index in [-0.39, 0.29) is 11.3 Å². The molecule has 0 saturated carbocycles. The van der Waals surface area contributed by atoms with Crippen molar-refractivity contribution in [2.24, 2.45) is 0 Å². The summed E-state index contributed by atoms with van der Waals surface area (Å²) in [6.07, 6.45) is 0. The second kappa shape index (κ2) is 7.72. The number of benzene rings is 3. The number of fused-ring (bicyclic) bond motifs is 1. The van der Waals surface area contributed by atoms with Crippen LogP contribution in [-0.2, 0) is 0 Å². The molecule has 0 saturated heterocycles. The van der Waals surface area contributed by atoms with E-state index >= 15 is 0 Å². The van der Waals surface area contributed by atoms with Crippen LogP contribution in [0, 0.1) is 24.0 Å². The fourth-order valence-electron chi connectivity index (χ4n) is 3.15. The fourth-order valence-corrected chi connectivity index (χ4v) is 3.57. The van der Waals surface area contributed by atoms with Crippen molar-refractivity contribution in [3.05, 3.63) is 85.9 Å². The van der Waals surface area contributed by atoms with Gasteiger partial charge >= 0.3 is 0 Å². The van der Waals surface area contributed by atoms with Gasteiger partial charge in [0, 0.05) is 27.9 Å². The zero-order valence-electron chi connectivity index (χ0n) is 16.1. The Bertz CT molecular complexity index is 1310. The van der Waals surface area contributed by atoms with Crippen LogP contribution < -0.4 is 5.32 Å². The van der Waals surface area contributed by atoms with E-state index in [0.29, 0.717) is 21.6 Å². The molecule has 3 aromatic carbocycles. The Kier molecular flexibility index (Phi) is 5.09. The number of nitro benzene ring substituents is 1. The van der Waals surface area contributed by atoms with Crippen molar-refractivity contribution < 1.29 is 14.1 Å². The van der Waals surface area contributed by atoms with E-state index in [2.05, 4.69) is 26.2 Å². The Morgan fingerprint density at radius 2 is 1.93 bits per heavy atom. The molecule has 30 heavy (non-hydrogen) atoms. The highest BCUT2D eigenvalue weighted by Crippen LogP contribution is 2.31. The number of hydrogen-bond acceptors (Lipinski definition) is 5. The lowest BCUT2D eigenvalue weighted by Crippen LogP contribution is -2.14. The quantitative estimate of drug-likeness (QED) is 0.292. The van der Waals surface area contributed by atoms with Crippen molar-refractivity contribution in [1.29, 1.82) is 0 Å². The van der Waals surface area contributed by atoms with Gasteiger partial charge in [0.1, 0.15) is 5.52 Å². The van der Waals surface area contributed by atoms with E-state index in [1.54, 1.807) is 12.1 Å². The smallest absolute Gasteiger partial charge is 0.270 e. The lowest BCUT2D eigenvalue weighted by atomic mass is 10.1. The minimum atomic E-state index is -0.538. The number of nitrogens with one attached hydrogen (secondary N) is 1. The van der Waals surface area contributed by atoms with Gasteiger partial charge in [0.05, 0.1) is 10.5 Å². The molecule has 8 heteroatoms. The SMILES string of the molecule is Cc1ccc2oc(-c3cccc(NC(=O)c4cc([N+](=O)[O-])ccc4Br)c3C)nc2c1. The molecule has 0 bridgehead atoms. The Balaban J connectivity index is 1.69. The van der Waals surface area contributed by atoms with Gasteiger partial charge in [-0.1, -0.05) is 12.1 Å². The Morgan fingerprint density at radius 1 is 1.13 bits per heavy atom. The number of nitro groups is 1. The summed E-state index contributed by atoms with van der Waals surface area (Å²) in [4.78, 5) is 27.9. The maximum atomic E-state index is 12.8. The summed E-state index contributed by atoms with van der Waals surface area (Å²) in [5.74, 6) is -0.000238. The van der Waals surface area contributed by atoms with Crippen molar-refractivity contribution in [2.45, 2.75) is 13.8 Å². The lowest BCUT2D eigenvalue weighted by Gasteiger charge is -2.11. The molecular weight excluding hydrogens is 450 g/mol. The molecule has 0 atom stereocenters. The minimum Gasteiger partial charge on any atom is -0.436 e. The number of carbonyl (C=O) groups excluding carboxylic acids is 1. The van der Waals surface area contributed by atoms with E-state index in [1.165, 1.54) is 18.2 Å². The predicted octanol–water partition coefficient (Wildman–Crippen LogP) is 6.03. The highest BCUT2D eigenvalue weighted by molar-refractivity contribution is 9.10. The summed E-state index contributed by atoms with van der Waals surface area (Å²) in [5, 5.41) is 13.9. The Hall–Kier alpha value is -3.52. The molecule has 150 valence electrons. The number of nitrogens with zero attached hydrogens (tertiary/aromatic N) is 2. The number of oxazole rings is 1. The number of anilines is 1. The second-order valence-electron chi connectivity index (χ2n) is 6.84. The highest BCUT2D eigenvalue weighted by atomic mass is 79.9. The van der Waals surface area contributed by atoms with Gasteiger partial charge in [-0.2, -0.15) is 0 Å². The van der Waals surface area contributed by atoms with Gasteiger partial charge in [0.2, 0.25) is 5.89 Å². The van der Waals surface area contributed by atoms with Gasteiger partial charge in [-0.3, -0.25) is 14.9 Å². The van der Waals surface area contributed by atoms with E-state index < -0.39 is 10.8 Å². The average Bonchev–Trinajstić information content (AvgIpc) is 3.12. The fraction of sp³-hybridized carbons (Fsp3) is 0.0909. The molecule has 7 nitrogen and oxygen atoms in total. The molecule has 0 unspecified atom stereocenters. The predicted molar refractivity (Wildman–Crippen MR) is 118 cm³/mol. The number of aromatic nitrogens is 1. The molecular formula is C22H16BrN3O4. The van der Waals surface area contributed by atoms with Crippen molar-refractivity contribution in [3.8, 4) is 11.5 Å². The third-order valence-electron chi connectivity index (χ3n) is 4.76. The first-order valence-corrected chi connectivity index (χ1v) is 9.85. The molecule has 0 radical (unpaired) electrons. The summed E-state index contributed by atoms with van der Waals surface area (Å²) in [6, 6.07) is 15.3. The average molecular weight is 466 g/mol. The van der Waals surface area contributed by atoms with Crippen molar-refractivity contribution in [2.75, 3.05) is 5.32 Å². The minimum absolute atomic E-state index is 0.157. The van der Waals surface area contributed by atoms with Crippen molar-refractivity contribution in [3.63, 3.8) is 0 Å². The Labute approximate surface area is 180 Å². The number of carbonyl (C=O) groups is 1. The molecule has 0 fully saturated rings. The number of halogens is 1. The summed E-state index contributed by atoms with van der Waals surface area (Å²) in [5.41, 5.74) is 4.64. The van der Waals surface area contributed by atoms with Crippen molar-refractivity contribution in [1.82, 2.24) is 4.98 Å². The maximum absolute atomic E-state index is 12.8. The molecule has 1 amide bonds. The number of non-ortho nitro benzene ring substituents is 1. The number of amides is 1. The number of aryl methyl sites for hydroxylation is 1. The summed E-state index contributed by atoms with van der Waals surface area (Å²) in [7, 11) is 0. The topological polar surface area (TPSA) is 98.3 Å². The molecule has 0 aliphatic rings. The molecule has 0 aliphatic carbocycles. The van der Waals surface area contributed by atoms with E-state index in [4.69, 9.17) is 4.42 Å². The van der Waals surface area contributed by atoms with Crippen LogP contribution in [0.1, 0.15) is 21.5 Å². The summed E-state index contributed by atoms with van der Waals surface area (Å²) in [6.45, 7) is 3.84. The summed E-state index contributed by atoms with van der Waals surface area (Å²) >= 11 is 3.28. The largest absolute Gasteiger partial charge is 0.436 e. The number of rotatable bonds is 4. The van der Waals surface area contributed by atoms with E-state index in [0.717, 1.165) is 22.2 Å². The molecule has 0 spiro atoms. The van der Waals surface area contributed by atoms with Gasteiger partial charge in [-0.15, -0.1) is 0 Å². The molecule has 1 heterocycles. The van der Waals surface area contributed by atoms with Crippen LogP contribution in [0.4, 0.5) is 11.4 Å². The zero-order valence-corrected chi connectivity index (χ0v) is 17.7. The molecule has 0 aliphatic heterocycles. The van der Waals surface area contributed by atoms with Crippen LogP contribution in [0.2, 0.25) is 0 Å². The van der Waals surface area contributed by atoms with Gasteiger partial charge in [-0.05, 0) is 71.2 Å².